The summed E-state index contributed by atoms with van der Waals surface area (Å²) in [6, 6.07) is 0. The van der Waals surface area contributed by atoms with Gasteiger partial charge in [0.05, 0.1) is 5.54 Å². The molecule has 0 aliphatic heterocycles. The second kappa shape index (κ2) is 3.92. The van der Waals surface area contributed by atoms with Crippen LogP contribution in [0.4, 0.5) is 0 Å². The van der Waals surface area contributed by atoms with Gasteiger partial charge >= 0.3 is 5.97 Å². The number of H-pyrrole nitrogens is 1. The van der Waals surface area contributed by atoms with Crippen molar-refractivity contribution in [2.75, 3.05) is 0 Å². The first-order valence-corrected chi connectivity index (χ1v) is 4.84. The first-order chi connectivity index (χ1) is 6.82. The van der Waals surface area contributed by atoms with Crippen LogP contribution in [-0.2, 0) is 16.8 Å². The Bertz CT molecular complexity index is 409. The molecule has 1 aromatic rings. The molecule has 0 spiro atoms. The van der Waals surface area contributed by atoms with Gasteiger partial charge in [-0.1, -0.05) is 0 Å². The molecule has 2 N–H and O–H groups in total. The number of aromatic nitrogens is 2. The van der Waals surface area contributed by atoms with Crippen LogP contribution >= 0.6 is 0 Å². The molecule has 0 aliphatic carbocycles. The van der Waals surface area contributed by atoms with E-state index >= 15 is 0 Å². The van der Waals surface area contributed by atoms with Gasteiger partial charge in [-0.05, 0) is 27.2 Å². The fraction of sp³-hybridized carbons (Fsp3) is 0.600. The molecule has 0 amide bonds. The molecular weight excluding hydrogens is 196 g/mol. The van der Waals surface area contributed by atoms with Crippen molar-refractivity contribution in [3.8, 4) is 0 Å². The van der Waals surface area contributed by atoms with E-state index in [9.17, 15) is 9.59 Å². The quantitative estimate of drug-likeness (QED) is 0.783. The fourth-order valence-electron chi connectivity index (χ4n) is 1.33. The lowest BCUT2D eigenvalue weighted by atomic mass is 10.1. The zero-order chi connectivity index (χ0) is 11.6. The molecule has 0 fully saturated rings. The molecule has 1 aromatic heterocycles. The monoisotopic (exact) mass is 212 g/mol. The van der Waals surface area contributed by atoms with E-state index in [0.29, 0.717) is 5.56 Å². The van der Waals surface area contributed by atoms with Crippen LogP contribution in [0.5, 0.6) is 0 Å². The van der Waals surface area contributed by atoms with Gasteiger partial charge in [-0.2, -0.15) is 0 Å². The molecule has 84 valence electrons. The van der Waals surface area contributed by atoms with Crippen molar-refractivity contribution in [3.63, 3.8) is 0 Å². The van der Waals surface area contributed by atoms with E-state index in [1.165, 1.54) is 4.68 Å². The number of aromatic amines is 1. The Morgan fingerprint density at radius 3 is 2.53 bits per heavy atom. The van der Waals surface area contributed by atoms with E-state index in [4.69, 9.17) is 5.11 Å². The number of nitrogens with one attached hydrogen (secondary N) is 1. The summed E-state index contributed by atoms with van der Waals surface area (Å²) in [7, 11) is 0. The summed E-state index contributed by atoms with van der Waals surface area (Å²) in [5.41, 5.74) is 0.0783. The van der Waals surface area contributed by atoms with Crippen LogP contribution in [0.2, 0.25) is 0 Å². The van der Waals surface area contributed by atoms with E-state index < -0.39 is 5.97 Å². The largest absolute Gasteiger partial charge is 0.481 e. The molecule has 5 heteroatoms. The van der Waals surface area contributed by atoms with Crippen LogP contribution in [0, 0.1) is 0 Å². The van der Waals surface area contributed by atoms with Crippen molar-refractivity contribution in [1.82, 2.24) is 9.78 Å². The fourth-order valence-corrected chi connectivity index (χ4v) is 1.33. The lowest BCUT2D eigenvalue weighted by molar-refractivity contribution is -0.136. The molecule has 0 saturated carbocycles. The molecule has 0 bridgehead atoms. The van der Waals surface area contributed by atoms with Gasteiger partial charge in [0.25, 0.3) is 5.56 Å². The van der Waals surface area contributed by atoms with Gasteiger partial charge in [-0.15, -0.1) is 0 Å². The number of hydrogen-bond donors (Lipinski definition) is 2. The summed E-state index contributed by atoms with van der Waals surface area (Å²) < 4.78 is 1.50. The van der Waals surface area contributed by atoms with E-state index in [1.807, 2.05) is 20.8 Å². The number of aliphatic carboxylic acids is 1. The maximum absolute atomic E-state index is 11.8. The number of aryl methyl sites for hydroxylation is 1. The molecule has 0 radical (unpaired) electrons. The Morgan fingerprint density at radius 1 is 1.53 bits per heavy atom. The first-order valence-electron chi connectivity index (χ1n) is 4.84. The molecule has 0 aromatic carbocycles. The molecular formula is C10H16N2O3. The zero-order valence-corrected chi connectivity index (χ0v) is 9.20. The highest BCUT2D eigenvalue weighted by atomic mass is 16.4. The molecule has 1 heterocycles. The molecule has 15 heavy (non-hydrogen) atoms. The smallest absolute Gasteiger partial charge is 0.303 e. The molecule has 0 saturated heterocycles. The highest BCUT2D eigenvalue weighted by Crippen LogP contribution is 2.09. The third-order valence-corrected chi connectivity index (χ3v) is 2.12. The predicted octanol–water partition coefficient (Wildman–Crippen LogP) is 0.949. The van der Waals surface area contributed by atoms with Crippen molar-refractivity contribution >= 4 is 5.97 Å². The average molecular weight is 212 g/mol. The zero-order valence-electron chi connectivity index (χ0n) is 9.20. The van der Waals surface area contributed by atoms with Crippen molar-refractivity contribution in [1.29, 1.82) is 0 Å². The van der Waals surface area contributed by atoms with Crippen LogP contribution in [0.15, 0.2) is 11.0 Å². The van der Waals surface area contributed by atoms with Crippen LogP contribution < -0.4 is 5.56 Å². The number of carbonyl (C=O) groups is 1. The number of nitrogens with zero attached hydrogens (tertiary/aromatic N) is 1. The van der Waals surface area contributed by atoms with E-state index in [0.717, 1.165) is 0 Å². The van der Waals surface area contributed by atoms with Gasteiger partial charge in [0.2, 0.25) is 0 Å². The predicted molar refractivity (Wildman–Crippen MR) is 56.0 cm³/mol. The van der Waals surface area contributed by atoms with Gasteiger partial charge < -0.3 is 10.2 Å². The van der Waals surface area contributed by atoms with Gasteiger partial charge in [0.1, 0.15) is 0 Å². The Kier molecular flexibility index (Phi) is 3.02. The number of carboxylic acid groups (broad SMARTS) is 1. The maximum Gasteiger partial charge on any atom is 0.303 e. The van der Waals surface area contributed by atoms with Gasteiger partial charge in [-0.3, -0.25) is 9.59 Å². The minimum Gasteiger partial charge on any atom is -0.481 e. The number of carboxylic acids is 1. The van der Waals surface area contributed by atoms with Crippen molar-refractivity contribution in [2.24, 2.45) is 0 Å². The SMILES string of the molecule is CC(C)(C)n1[nH]cc(CCC(=O)O)c1=O. The van der Waals surface area contributed by atoms with E-state index in [2.05, 4.69) is 5.10 Å². The van der Waals surface area contributed by atoms with E-state index in [-0.39, 0.29) is 23.9 Å². The Balaban J connectivity index is 2.90. The Labute approximate surface area is 87.7 Å². The van der Waals surface area contributed by atoms with Crippen LogP contribution in [0.25, 0.3) is 0 Å². The second-order valence-electron chi connectivity index (χ2n) is 4.50. The Morgan fingerprint density at radius 2 is 2.13 bits per heavy atom. The molecule has 0 atom stereocenters. The summed E-state index contributed by atoms with van der Waals surface area (Å²) in [6.45, 7) is 5.73. The third kappa shape index (κ3) is 2.71. The summed E-state index contributed by atoms with van der Waals surface area (Å²) in [5.74, 6) is -0.891. The maximum atomic E-state index is 11.8. The van der Waals surface area contributed by atoms with Gasteiger partial charge in [0, 0.05) is 18.2 Å². The van der Waals surface area contributed by atoms with Gasteiger partial charge in [-0.25, -0.2) is 4.68 Å². The average Bonchev–Trinajstić information content (AvgIpc) is 2.42. The topological polar surface area (TPSA) is 75.1 Å². The van der Waals surface area contributed by atoms with Gasteiger partial charge in [0.15, 0.2) is 0 Å². The standard InChI is InChI=1S/C10H16N2O3/c1-10(2,3)12-9(15)7(6-11-12)4-5-8(13)14/h6,11H,4-5H2,1-3H3,(H,13,14). The lowest BCUT2D eigenvalue weighted by Gasteiger charge is -2.18. The number of rotatable bonds is 3. The van der Waals surface area contributed by atoms with E-state index in [1.54, 1.807) is 6.20 Å². The minimum absolute atomic E-state index is 0.0166. The highest BCUT2D eigenvalue weighted by molar-refractivity contribution is 5.67. The minimum atomic E-state index is -0.891. The van der Waals surface area contributed by atoms with Crippen LogP contribution in [-0.4, -0.2) is 20.9 Å². The molecule has 1 rings (SSSR count). The van der Waals surface area contributed by atoms with Crippen molar-refractivity contribution in [3.05, 3.63) is 22.1 Å². The third-order valence-electron chi connectivity index (χ3n) is 2.12. The lowest BCUT2D eigenvalue weighted by Crippen LogP contribution is -2.33. The summed E-state index contributed by atoms with van der Waals surface area (Å²) in [4.78, 5) is 22.1. The van der Waals surface area contributed by atoms with Crippen LogP contribution in [0.1, 0.15) is 32.8 Å². The summed E-state index contributed by atoms with van der Waals surface area (Å²) >= 11 is 0. The molecule has 5 nitrogen and oxygen atoms in total. The normalized spacial score (nSPS) is 11.7. The number of hydrogen-bond acceptors (Lipinski definition) is 2. The van der Waals surface area contributed by atoms with Crippen molar-refractivity contribution in [2.45, 2.75) is 39.2 Å². The van der Waals surface area contributed by atoms with Crippen molar-refractivity contribution < 1.29 is 9.90 Å². The first kappa shape index (κ1) is 11.6. The summed E-state index contributed by atoms with van der Waals surface area (Å²) in [5, 5.41) is 11.4. The second-order valence-corrected chi connectivity index (χ2v) is 4.50. The Hall–Kier alpha value is -1.52. The molecule has 0 aliphatic rings. The summed E-state index contributed by atoms with van der Waals surface area (Å²) in [6.07, 6.45) is 1.83. The van der Waals surface area contributed by atoms with Crippen LogP contribution in [0.3, 0.4) is 0 Å². The molecule has 0 unspecified atom stereocenters. The highest BCUT2D eigenvalue weighted by Gasteiger charge is 2.18.